The highest BCUT2D eigenvalue weighted by Crippen LogP contribution is 2.35. The fourth-order valence-corrected chi connectivity index (χ4v) is 1.75. The standard InChI is InChI=1S/C14H16N2O3/c1-7-3-9(5-11(17)13(7)15)19-10-4-8(2)14(16)12(18)6-10/h3-6,17-18H,15-16H2,1-2H3. The molecule has 0 saturated heterocycles. The van der Waals surface area contributed by atoms with Gasteiger partial charge in [-0.3, -0.25) is 0 Å². The summed E-state index contributed by atoms with van der Waals surface area (Å²) in [5.41, 5.74) is 13.4. The lowest BCUT2D eigenvalue weighted by Gasteiger charge is -2.11. The maximum absolute atomic E-state index is 9.64. The van der Waals surface area contributed by atoms with Crippen molar-refractivity contribution in [1.82, 2.24) is 0 Å². The van der Waals surface area contributed by atoms with E-state index in [1.54, 1.807) is 26.0 Å². The first-order valence-electron chi connectivity index (χ1n) is 5.74. The fourth-order valence-electron chi connectivity index (χ4n) is 1.75. The average Bonchev–Trinajstić information content (AvgIpc) is 2.33. The van der Waals surface area contributed by atoms with Crippen LogP contribution < -0.4 is 16.2 Å². The molecule has 5 heteroatoms. The van der Waals surface area contributed by atoms with Crippen LogP contribution in [0.5, 0.6) is 23.0 Å². The predicted octanol–water partition coefficient (Wildman–Crippen LogP) is 2.67. The zero-order valence-electron chi connectivity index (χ0n) is 10.8. The van der Waals surface area contributed by atoms with E-state index >= 15 is 0 Å². The molecule has 0 atom stereocenters. The summed E-state index contributed by atoms with van der Waals surface area (Å²) in [5.74, 6) is 0.804. The number of benzene rings is 2. The molecular formula is C14H16N2O3. The van der Waals surface area contributed by atoms with Crippen LogP contribution in [0.15, 0.2) is 24.3 Å². The van der Waals surface area contributed by atoms with Crippen molar-refractivity contribution in [3.8, 4) is 23.0 Å². The number of aromatic hydroxyl groups is 2. The molecule has 2 aromatic rings. The summed E-state index contributed by atoms with van der Waals surface area (Å²) in [5, 5.41) is 19.3. The molecule has 0 aliphatic rings. The Bertz CT molecular complexity index is 537. The summed E-state index contributed by atoms with van der Waals surface area (Å²) < 4.78 is 5.58. The van der Waals surface area contributed by atoms with E-state index in [1.165, 1.54) is 12.1 Å². The van der Waals surface area contributed by atoms with Crippen LogP contribution in [-0.4, -0.2) is 10.2 Å². The molecule has 0 saturated carbocycles. The largest absolute Gasteiger partial charge is 0.506 e. The second-order valence-electron chi connectivity index (χ2n) is 4.45. The SMILES string of the molecule is Cc1cc(Oc2cc(C)c(N)c(O)c2)cc(O)c1N. The summed E-state index contributed by atoms with van der Waals surface area (Å²) >= 11 is 0. The number of aryl methyl sites for hydroxylation is 2. The minimum atomic E-state index is -0.0358. The first kappa shape index (κ1) is 12.9. The Morgan fingerprint density at radius 3 is 1.47 bits per heavy atom. The van der Waals surface area contributed by atoms with Crippen LogP contribution in [0.3, 0.4) is 0 Å². The third-order valence-corrected chi connectivity index (χ3v) is 2.91. The van der Waals surface area contributed by atoms with Gasteiger partial charge < -0.3 is 26.4 Å². The molecule has 5 nitrogen and oxygen atoms in total. The highest BCUT2D eigenvalue weighted by Gasteiger charge is 2.08. The van der Waals surface area contributed by atoms with Crippen molar-refractivity contribution in [3.63, 3.8) is 0 Å². The van der Waals surface area contributed by atoms with Crippen molar-refractivity contribution < 1.29 is 14.9 Å². The number of anilines is 2. The fraction of sp³-hybridized carbons (Fsp3) is 0.143. The Labute approximate surface area is 111 Å². The maximum atomic E-state index is 9.64. The highest BCUT2D eigenvalue weighted by molar-refractivity contribution is 5.63. The van der Waals surface area contributed by atoms with Crippen LogP contribution in [0.1, 0.15) is 11.1 Å². The molecule has 0 aliphatic heterocycles. The Balaban J connectivity index is 2.36. The zero-order chi connectivity index (χ0) is 14.2. The molecule has 6 N–H and O–H groups in total. The van der Waals surface area contributed by atoms with E-state index < -0.39 is 0 Å². The molecule has 0 aromatic heterocycles. The van der Waals surface area contributed by atoms with E-state index in [0.29, 0.717) is 34.0 Å². The van der Waals surface area contributed by atoms with Gasteiger partial charge in [0, 0.05) is 12.1 Å². The van der Waals surface area contributed by atoms with Crippen LogP contribution in [0.4, 0.5) is 11.4 Å². The molecular weight excluding hydrogens is 244 g/mol. The van der Waals surface area contributed by atoms with Gasteiger partial charge >= 0.3 is 0 Å². The summed E-state index contributed by atoms with van der Waals surface area (Å²) in [6, 6.07) is 6.26. The lowest BCUT2D eigenvalue weighted by Crippen LogP contribution is -1.94. The van der Waals surface area contributed by atoms with E-state index in [4.69, 9.17) is 16.2 Å². The van der Waals surface area contributed by atoms with Crippen molar-refractivity contribution in [1.29, 1.82) is 0 Å². The topological polar surface area (TPSA) is 102 Å². The lowest BCUT2D eigenvalue weighted by atomic mass is 10.1. The Morgan fingerprint density at radius 2 is 1.16 bits per heavy atom. The highest BCUT2D eigenvalue weighted by atomic mass is 16.5. The van der Waals surface area contributed by atoms with Crippen LogP contribution in [-0.2, 0) is 0 Å². The first-order valence-corrected chi connectivity index (χ1v) is 5.74. The summed E-state index contributed by atoms with van der Waals surface area (Å²) in [6.07, 6.45) is 0. The van der Waals surface area contributed by atoms with Gasteiger partial charge in [0.25, 0.3) is 0 Å². The molecule has 100 valence electrons. The van der Waals surface area contributed by atoms with Gasteiger partial charge in [-0.25, -0.2) is 0 Å². The molecule has 0 spiro atoms. The van der Waals surface area contributed by atoms with Crippen molar-refractivity contribution in [2.75, 3.05) is 11.5 Å². The second-order valence-corrected chi connectivity index (χ2v) is 4.45. The van der Waals surface area contributed by atoms with Crippen LogP contribution in [0, 0.1) is 13.8 Å². The average molecular weight is 260 g/mol. The molecule has 0 amide bonds. The Kier molecular flexibility index (Phi) is 3.12. The third-order valence-electron chi connectivity index (χ3n) is 2.91. The summed E-state index contributed by atoms with van der Waals surface area (Å²) in [4.78, 5) is 0. The quantitative estimate of drug-likeness (QED) is 0.491. The van der Waals surface area contributed by atoms with Crippen LogP contribution >= 0.6 is 0 Å². The second kappa shape index (κ2) is 4.61. The number of nitrogens with two attached hydrogens (primary N) is 2. The molecule has 2 aromatic carbocycles. The van der Waals surface area contributed by atoms with Gasteiger partial charge in [-0.1, -0.05) is 0 Å². The van der Waals surface area contributed by atoms with Crippen molar-refractivity contribution in [2.24, 2.45) is 0 Å². The number of nitrogen functional groups attached to an aromatic ring is 2. The molecule has 0 unspecified atom stereocenters. The Hall–Kier alpha value is -2.56. The van der Waals surface area contributed by atoms with Crippen LogP contribution in [0.2, 0.25) is 0 Å². The zero-order valence-corrected chi connectivity index (χ0v) is 10.8. The van der Waals surface area contributed by atoms with E-state index in [-0.39, 0.29) is 11.5 Å². The van der Waals surface area contributed by atoms with Crippen molar-refractivity contribution >= 4 is 11.4 Å². The van der Waals surface area contributed by atoms with Gasteiger partial charge in [-0.2, -0.15) is 0 Å². The van der Waals surface area contributed by atoms with Gasteiger partial charge in [0.2, 0.25) is 0 Å². The number of ether oxygens (including phenoxy) is 1. The van der Waals surface area contributed by atoms with Gasteiger partial charge in [-0.15, -0.1) is 0 Å². The molecule has 2 rings (SSSR count). The van der Waals surface area contributed by atoms with Gasteiger partial charge in [-0.05, 0) is 37.1 Å². The number of phenolic OH excluding ortho intramolecular Hbond substituents is 2. The lowest BCUT2D eigenvalue weighted by molar-refractivity contribution is 0.447. The number of hydrogen-bond acceptors (Lipinski definition) is 5. The number of hydrogen-bond donors (Lipinski definition) is 4. The molecule has 19 heavy (non-hydrogen) atoms. The van der Waals surface area contributed by atoms with Crippen molar-refractivity contribution in [2.45, 2.75) is 13.8 Å². The van der Waals surface area contributed by atoms with E-state index in [1.807, 2.05) is 0 Å². The van der Waals surface area contributed by atoms with E-state index in [0.717, 1.165) is 0 Å². The molecule has 0 bridgehead atoms. The molecule has 0 radical (unpaired) electrons. The number of rotatable bonds is 2. The van der Waals surface area contributed by atoms with Gasteiger partial charge in [0.15, 0.2) is 0 Å². The van der Waals surface area contributed by atoms with E-state index in [2.05, 4.69) is 0 Å². The molecule has 0 aliphatic carbocycles. The van der Waals surface area contributed by atoms with Crippen LogP contribution in [0.25, 0.3) is 0 Å². The van der Waals surface area contributed by atoms with E-state index in [9.17, 15) is 10.2 Å². The monoisotopic (exact) mass is 260 g/mol. The van der Waals surface area contributed by atoms with Gasteiger partial charge in [0.1, 0.15) is 23.0 Å². The number of phenols is 2. The summed E-state index contributed by atoms with van der Waals surface area (Å²) in [6.45, 7) is 3.54. The minimum absolute atomic E-state index is 0.0358. The minimum Gasteiger partial charge on any atom is -0.506 e. The van der Waals surface area contributed by atoms with Crippen molar-refractivity contribution in [3.05, 3.63) is 35.4 Å². The third kappa shape index (κ3) is 2.49. The normalized spacial score (nSPS) is 10.4. The maximum Gasteiger partial charge on any atom is 0.142 e. The summed E-state index contributed by atoms with van der Waals surface area (Å²) in [7, 11) is 0. The first-order chi connectivity index (χ1) is 8.88. The van der Waals surface area contributed by atoms with Gasteiger partial charge in [0.05, 0.1) is 11.4 Å². The predicted molar refractivity (Wildman–Crippen MR) is 74.6 cm³/mol. The smallest absolute Gasteiger partial charge is 0.142 e. The molecule has 0 fully saturated rings. The Morgan fingerprint density at radius 1 is 0.789 bits per heavy atom. The molecule has 0 heterocycles.